The molecule has 15 nitrogen and oxygen atoms in total. The zero-order valence-electron chi connectivity index (χ0n) is 31.0. The van der Waals surface area contributed by atoms with E-state index in [1.54, 1.807) is 61.3 Å². The number of hydrogen-bond donors (Lipinski definition) is 1. The Morgan fingerprint density at radius 2 is 1.37 bits per heavy atom. The zero-order valence-corrected chi connectivity index (χ0v) is 31.0. The van der Waals surface area contributed by atoms with Crippen LogP contribution in [-0.2, 0) is 9.47 Å². The van der Waals surface area contributed by atoms with Crippen LogP contribution in [0, 0.1) is 19.7 Å². The van der Waals surface area contributed by atoms with E-state index in [0.717, 1.165) is 22.6 Å². The first-order chi connectivity index (χ1) is 27.8. The maximum atomic E-state index is 13.6. The molecule has 8 aromatic heterocycles. The van der Waals surface area contributed by atoms with Gasteiger partial charge in [0.15, 0.2) is 11.3 Å². The van der Waals surface area contributed by atoms with Crippen LogP contribution in [0.4, 0.5) is 4.39 Å². The molecule has 1 N–H and O–H groups in total. The van der Waals surface area contributed by atoms with Crippen molar-refractivity contribution in [3.05, 3.63) is 132 Å². The summed E-state index contributed by atoms with van der Waals surface area (Å²) in [5.74, 6) is -1.06. The van der Waals surface area contributed by atoms with E-state index in [-0.39, 0.29) is 35.6 Å². The van der Waals surface area contributed by atoms with Crippen LogP contribution >= 0.6 is 0 Å². The molecule has 57 heavy (non-hydrogen) atoms. The lowest BCUT2D eigenvalue weighted by molar-refractivity contribution is -0.00343. The number of aromatic nitrogens is 10. The van der Waals surface area contributed by atoms with Crippen molar-refractivity contribution in [2.24, 2.45) is 0 Å². The highest BCUT2D eigenvalue weighted by atomic mass is 19.1. The van der Waals surface area contributed by atoms with Gasteiger partial charge >= 0.3 is 5.97 Å². The van der Waals surface area contributed by atoms with Crippen LogP contribution in [0.15, 0.2) is 104 Å². The number of pyridine rings is 4. The number of amides is 1. The first-order valence-electron chi connectivity index (χ1n) is 18.0. The predicted octanol–water partition coefficient (Wildman–Crippen LogP) is 5.77. The van der Waals surface area contributed by atoms with Gasteiger partial charge in [0.05, 0.1) is 78.1 Å². The average molecular weight is 764 g/mol. The van der Waals surface area contributed by atoms with Crippen molar-refractivity contribution in [2.45, 2.75) is 26.8 Å². The first kappa shape index (κ1) is 36.6. The van der Waals surface area contributed by atoms with Crippen LogP contribution < -0.4 is 5.32 Å². The van der Waals surface area contributed by atoms with Crippen molar-refractivity contribution < 1.29 is 23.5 Å². The van der Waals surface area contributed by atoms with Crippen molar-refractivity contribution in [3.63, 3.8) is 0 Å². The van der Waals surface area contributed by atoms with Gasteiger partial charge < -0.3 is 14.8 Å². The first-order valence-corrected chi connectivity index (χ1v) is 18.0. The predicted molar refractivity (Wildman–Crippen MR) is 206 cm³/mol. The summed E-state index contributed by atoms with van der Waals surface area (Å²) in [6, 6.07) is 19.9. The molecule has 8 aromatic rings. The summed E-state index contributed by atoms with van der Waals surface area (Å²) >= 11 is 0. The molecule has 0 radical (unpaired) electrons. The molecule has 0 bridgehead atoms. The molecule has 1 saturated heterocycles. The molecule has 0 atom stereocenters. The normalized spacial score (nSPS) is 12.5. The van der Waals surface area contributed by atoms with Gasteiger partial charge in [-0.15, -0.1) is 0 Å². The Kier molecular flexibility index (Phi) is 10.2. The minimum absolute atomic E-state index is 0.0398. The monoisotopic (exact) mass is 763 g/mol. The van der Waals surface area contributed by atoms with Gasteiger partial charge in [-0.2, -0.15) is 10.2 Å². The molecular formula is C41H34FN11O4. The van der Waals surface area contributed by atoms with E-state index in [9.17, 15) is 14.0 Å². The van der Waals surface area contributed by atoms with E-state index in [0.29, 0.717) is 58.4 Å². The molecular weight excluding hydrogens is 730 g/mol. The smallest absolute Gasteiger partial charge is 0.343 e. The number of rotatable bonds is 8. The van der Waals surface area contributed by atoms with E-state index in [4.69, 9.17) is 14.5 Å². The van der Waals surface area contributed by atoms with Gasteiger partial charge in [-0.1, -0.05) is 6.07 Å². The largest absolute Gasteiger partial charge is 0.462 e. The van der Waals surface area contributed by atoms with E-state index in [2.05, 4.69) is 40.4 Å². The van der Waals surface area contributed by atoms with Gasteiger partial charge in [0, 0.05) is 41.6 Å². The van der Waals surface area contributed by atoms with Crippen molar-refractivity contribution in [3.8, 4) is 45.3 Å². The molecule has 9 heterocycles. The molecule has 1 fully saturated rings. The highest BCUT2D eigenvalue weighted by Gasteiger charge is 2.24. The van der Waals surface area contributed by atoms with Gasteiger partial charge in [-0.3, -0.25) is 19.7 Å². The average Bonchev–Trinajstić information content (AvgIpc) is 3.85. The Bertz CT molecular complexity index is 2780. The highest BCUT2D eigenvalue weighted by Crippen LogP contribution is 2.30. The molecule has 0 saturated carbocycles. The number of carbonyl (C=O) groups is 2. The number of esters is 1. The number of fused-ring (bicyclic) bond motifs is 2. The molecule has 0 aliphatic carbocycles. The van der Waals surface area contributed by atoms with Crippen LogP contribution in [0.5, 0.6) is 0 Å². The van der Waals surface area contributed by atoms with Gasteiger partial charge in [0.2, 0.25) is 0 Å². The van der Waals surface area contributed by atoms with Crippen molar-refractivity contribution in [2.75, 3.05) is 19.8 Å². The van der Waals surface area contributed by atoms with Gasteiger partial charge in [-0.05, 0) is 81.4 Å². The third-order valence-corrected chi connectivity index (χ3v) is 9.01. The number of nitrogens with one attached hydrogen (secondary N) is 1. The van der Waals surface area contributed by atoms with E-state index < -0.39 is 5.97 Å². The maximum absolute atomic E-state index is 13.6. The summed E-state index contributed by atoms with van der Waals surface area (Å²) < 4.78 is 26.9. The third-order valence-electron chi connectivity index (χ3n) is 9.01. The summed E-state index contributed by atoms with van der Waals surface area (Å²) in [7, 11) is 0. The fourth-order valence-electron chi connectivity index (χ4n) is 6.12. The highest BCUT2D eigenvalue weighted by molar-refractivity contribution is 6.00. The van der Waals surface area contributed by atoms with E-state index in [1.807, 2.05) is 49.4 Å². The lowest BCUT2D eigenvalue weighted by Gasteiger charge is -2.26. The lowest BCUT2D eigenvalue weighted by atomic mass is 10.1. The van der Waals surface area contributed by atoms with E-state index in [1.165, 1.54) is 23.0 Å². The molecule has 9 rings (SSSR count). The zero-order chi connectivity index (χ0) is 39.5. The van der Waals surface area contributed by atoms with Crippen LogP contribution in [0.1, 0.15) is 39.0 Å². The Morgan fingerprint density at radius 1 is 0.754 bits per heavy atom. The number of nitrogens with zero attached hydrogens (tertiary/aromatic N) is 10. The topological polar surface area (TPSA) is 177 Å². The van der Waals surface area contributed by atoms with Gasteiger partial charge in [0.1, 0.15) is 16.9 Å². The SMILES string of the molecule is CCOC(=O)c1cnn2ccc(-c3cccnc3-c3ccc(F)c(C)n3)nc12.Cc1cccc(-c2ncccc2-c2ccn3ncc(C(=O)NC4COC4)c3n2)n1. The van der Waals surface area contributed by atoms with Crippen LogP contribution in [-0.4, -0.2) is 86.9 Å². The Balaban J connectivity index is 0.000000160. The van der Waals surface area contributed by atoms with Gasteiger partial charge in [-0.25, -0.2) is 33.2 Å². The molecule has 1 amide bonds. The standard InChI is InChI=1S/C21H18N6O2.C20H16FN5O2/c1-13-4-2-6-18(24-13)19-15(5-3-8-22-19)17-7-9-27-20(26-17)16(10-23-27)21(28)25-14-11-29-12-14;1-3-28-20(27)14-11-23-26-10-8-16(25-19(14)26)13-5-4-9-22-18(13)17-7-6-15(21)12(2)24-17/h2-10,14H,11-12H2,1H3,(H,25,28);4-11H,3H2,1-2H3. The minimum atomic E-state index is -0.482. The Labute approximate surface area is 324 Å². The summed E-state index contributed by atoms with van der Waals surface area (Å²) in [5.41, 5.74) is 8.25. The number of halogens is 1. The third kappa shape index (κ3) is 7.53. The molecule has 0 unspecified atom stereocenters. The van der Waals surface area contributed by atoms with Crippen molar-refractivity contribution >= 4 is 23.2 Å². The molecule has 0 aromatic carbocycles. The Hall–Kier alpha value is -7.33. The quantitative estimate of drug-likeness (QED) is 0.185. The molecule has 1 aliphatic heterocycles. The molecule has 284 valence electrons. The number of aryl methyl sites for hydroxylation is 2. The second-order valence-corrected chi connectivity index (χ2v) is 12.9. The van der Waals surface area contributed by atoms with E-state index >= 15 is 0 Å². The summed E-state index contributed by atoms with van der Waals surface area (Å²) in [5, 5.41) is 11.3. The second-order valence-electron chi connectivity index (χ2n) is 12.9. The maximum Gasteiger partial charge on any atom is 0.343 e. The summed E-state index contributed by atoms with van der Waals surface area (Å²) in [4.78, 5) is 51.9. The van der Waals surface area contributed by atoms with Crippen molar-refractivity contribution in [1.29, 1.82) is 0 Å². The molecule has 16 heteroatoms. The molecule has 0 spiro atoms. The van der Waals surface area contributed by atoms with Crippen molar-refractivity contribution in [1.82, 2.24) is 54.4 Å². The number of hydrogen-bond acceptors (Lipinski definition) is 12. The number of ether oxygens (including phenoxy) is 2. The fraction of sp³-hybridized carbons (Fsp3) is 0.171. The fourth-order valence-corrected chi connectivity index (χ4v) is 6.12. The van der Waals surface area contributed by atoms with Crippen LogP contribution in [0.2, 0.25) is 0 Å². The van der Waals surface area contributed by atoms with Gasteiger partial charge in [0.25, 0.3) is 5.91 Å². The second kappa shape index (κ2) is 15.8. The molecule has 1 aliphatic rings. The van der Waals surface area contributed by atoms with Crippen LogP contribution in [0.25, 0.3) is 56.6 Å². The summed E-state index contributed by atoms with van der Waals surface area (Å²) in [6.07, 6.45) is 9.84. The van der Waals surface area contributed by atoms with Crippen LogP contribution in [0.3, 0.4) is 0 Å². The minimum Gasteiger partial charge on any atom is -0.462 e. The number of carbonyl (C=O) groups excluding carboxylic acids is 2. The lowest BCUT2D eigenvalue weighted by Crippen LogP contribution is -2.48. The Morgan fingerprint density at radius 3 is 1.95 bits per heavy atom. The summed E-state index contributed by atoms with van der Waals surface area (Å²) in [6.45, 7) is 6.61.